The van der Waals surface area contributed by atoms with Crippen molar-refractivity contribution < 1.29 is 9.59 Å². The molecule has 2 amide bonds. The fraction of sp³-hybridized carbons (Fsp3) is 0.667. The summed E-state index contributed by atoms with van der Waals surface area (Å²) in [6.45, 7) is 5.20. The van der Waals surface area contributed by atoms with Crippen molar-refractivity contribution in [2.45, 2.75) is 51.6 Å². The summed E-state index contributed by atoms with van der Waals surface area (Å²) in [7, 11) is 0. The van der Waals surface area contributed by atoms with Gasteiger partial charge in [0.05, 0.1) is 5.92 Å². The van der Waals surface area contributed by atoms with Crippen LogP contribution in [0.1, 0.15) is 43.0 Å². The molecule has 1 fully saturated rings. The molecule has 0 radical (unpaired) electrons. The molecule has 0 spiro atoms. The zero-order valence-electron chi connectivity index (χ0n) is 14.8. The van der Waals surface area contributed by atoms with Crippen molar-refractivity contribution in [1.29, 1.82) is 0 Å². The summed E-state index contributed by atoms with van der Waals surface area (Å²) < 4.78 is 0. The molecule has 2 aliphatic rings. The lowest BCUT2D eigenvalue weighted by Gasteiger charge is -2.32. The molecule has 1 saturated heterocycles. The number of thiophene rings is 1. The van der Waals surface area contributed by atoms with Crippen LogP contribution in [0.25, 0.3) is 0 Å². The first-order valence-corrected chi connectivity index (χ1v) is 9.92. The summed E-state index contributed by atoms with van der Waals surface area (Å²) >= 11 is 1.77. The summed E-state index contributed by atoms with van der Waals surface area (Å²) in [6.07, 6.45) is 4.46. The van der Waals surface area contributed by atoms with E-state index in [2.05, 4.69) is 29.0 Å². The smallest absolute Gasteiger partial charge is 0.245 e. The molecule has 3 rings (SSSR count). The fourth-order valence-corrected chi connectivity index (χ4v) is 4.46. The van der Waals surface area contributed by atoms with Gasteiger partial charge in [-0.1, -0.05) is 13.3 Å². The van der Waals surface area contributed by atoms with E-state index in [1.807, 2.05) is 4.90 Å². The molecular formula is C18H28ClN3O2S. The van der Waals surface area contributed by atoms with Crippen molar-refractivity contribution in [3.05, 3.63) is 21.9 Å². The van der Waals surface area contributed by atoms with Crippen molar-refractivity contribution in [2.24, 2.45) is 5.92 Å². The van der Waals surface area contributed by atoms with Crippen LogP contribution in [0.4, 0.5) is 0 Å². The van der Waals surface area contributed by atoms with Crippen molar-refractivity contribution in [3.63, 3.8) is 0 Å². The Hall–Kier alpha value is -1.11. The van der Waals surface area contributed by atoms with E-state index >= 15 is 0 Å². The van der Waals surface area contributed by atoms with Gasteiger partial charge < -0.3 is 15.5 Å². The third kappa shape index (κ3) is 4.96. The van der Waals surface area contributed by atoms with Crippen LogP contribution < -0.4 is 10.6 Å². The number of amides is 2. The number of halogens is 1. The summed E-state index contributed by atoms with van der Waals surface area (Å²) in [4.78, 5) is 28.7. The summed E-state index contributed by atoms with van der Waals surface area (Å²) in [5, 5.41) is 8.40. The molecule has 0 bridgehead atoms. The molecule has 25 heavy (non-hydrogen) atoms. The Labute approximate surface area is 160 Å². The molecule has 2 N–H and O–H groups in total. The number of rotatable bonds is 5. The molecule has 3 heterocycles. The molecule has 1 aromatic rings. The lowest BCUT2D eigenvalue weighted by Crippen LogP contribution is -2.52. The molecule has 7 heteroatoms. The molecule has 1 aromatic heterocycles. The van der Waals surface area contributed by atoms with Crippen LogP contribution in [0.3, 0.4) is 0 Å². The number of hydrogen-bond acceptors (Lipinski definition) is 4. The van der Waals surface area contributed by atoms with Gasteiger partial charge in [0.15, 0.2) is 0 Å². The third-order valence-corrected chi connectivity index (χ3v) is 6.00. The second kappa shape index (κ2) is 9.55. The van der Waals surface area contributed by atoms with Crippen molar-refractivity contribution in [1.82, 2.24) is 15.5 Å². The van der Waals surface area contributed by atoms with E-state index in [0.717, 1.165) is 45.3 Å². The second-order valence-corrected chi connectivity index (χ2v) is 7.77. The number of carbonyl (C=O) groups is 2. The third-order valence-electron chi connectivity index (χ3n) is 4.98. The van der Waals surface area contributed by atoms with Gasteiger partial charge in [0.25, 0.3) is 0 Å². The molecule has 2 aliphatic heterocycles. The van der Waals surface area contributed by atoms with Crippen LogP contribution in [-0.4, -0.2) is 42.4 Å². The molecule has 0 saturated carbocycles. The van der Waals surface area contributed by atoms with Crippen molar-refractivity contribution >= 4 is 35.6 Å². The Morgan fingerprint density at radius 2 is 2.32 bits per heavy atom. The van der Waals surface area contributed by atoms with E-state index < -0.39 is 0 Å². The van der Waals surface area contributed by atoms with Gasteiger partial charge in [-0.2, -0.15) is 0 Å². The number of nitrogens with one attached hydrogen (secondary N) is 2. The van der Waals surface area contributed by atoms with E-state index in [1.54, 1.807) is 11.3 Å². The highest BCUT2D eigenvalue weighted by Crippen LogP contribution is 2.24. The maximum absolute atomic E-state index is 12.9. The standard InChI is InChI=1S/C18H27N3O2S.ClH/c1-2-4-15(20-17(22)13-5-3-8-19-11-13)18(23)21-9-6-16-14(12-21)7-10-24-16;/h7,10,13,15,19H,2-6,8-9,11-12H2,1H3,(H,20,22);1H. The van der Waals surface area contributed by atoms with Gasteiger partial charge in [-0.05, 0) is 49.2 Å². The molecule has 0 aliphatic carbocycles. The highest BCUT2D eigenvalue weighted by molar-refractivity contribution is 7.10. The van der Waals surface area contributed by atoms with Gasteiger partial charge in [0, 0.05) is 24.5 Å². The minimum atomic E-state index is -0.385. The van der Waals surface area contributed by atoms with E-state index in [-0.39, 0.29) is 36.2 Å². The Morgan fingerprint density at radius 3 is 3.04 bits per heavy atom. The Morgan fingerprint density at radius 1 is 1.48 bits per heavy atom. The first-order chi connectivity index (χ1) is 11.7. The van der Waals surface area contributed by atoms with Gasteiger partial charge in [0.1, 0.15) is 6.04 Å². The van der Waals surface area contributed by atoms with Gasteiger partial charge in [-0.3, -0.25) is 9.59 Å². The van der Waals surface area contributed by atoms with E-state index in [9.17, 15) is 9.59 Å². The quantitative estimate of drug-likeness (QED) is 0.817. The zero-order chi connectivity index (χ0) is 16.9. The maximum Gasteiger partial charge on any atom is 0.245 e. The minimum Gasteiger partial charge on any atom is -0.344 e. The van der Waals surface area contributed by atoms with E-state index in [4.69, 9.17) is 0 Å². The Kier molecular flexibility index (Phi) is 7.72. The first kappa shape index (κ1) is 20.2. The van der Waals surface area contributed by atoms with Gasteiger partial charge in [-0.25, -0.2) is 0 Å². The topological polar surface area (TPSA) is 61.4 Å². The number of nitrogens with zero attached hydrogens (tertiary/aromatic N) is 1. The summed E-state index contributed by atoms with van der Waals surface area (Å²) in [5.74, 6) is 0.101. The van der Waals surface area contributed by atoms with Gasteiger partial charge in [0.2, 0.25) is 11.8 Å². The van der Waals surface area contributed by atoms with Crippen LogP contribution in [0.15, 0.2) is 11.4 Å². The highest BCUT2D eigenvalue weighted by atomic mass is 35.5. The maximum atomic E-state index is 12.9. The van der Waals surface area contributed by atoms with Crippen LogP contribution in [0.2, 0.25) is 0 Å². The Balaban J connectivity index is 0.00000225. The normalized spacial score (nSPS) is 21.0. The highest BCUT2D eigenvalue weighted by Gasteiger charge is 2.30. The SMILES string of the molecule is CCCC(NC(=O)C1CCCNC1)C(=O)N1CCc2sccc2C1.Cl. The van der Waals surface area contributed by atoms with E-state index in [1.165, 1.54) is 10.4 Å². The molecular weight excluding hydrogens is 358 g/mol. The number of hydrogen-bond donors (Lipinski definition) is 2. The molecule has 0 aromatic carbocycles. The molecule has 140 valence electrons. The monoisotopic (exact) mass is 385 g/mol. The fourth-order valence-electron chi connectivity index (χ4n) is 3.57. The predicted molar refractivity (Wildman–Crippen MR) is 103 cm³/mol. The van der Waals surface area contributed by atoms with Crippen LogP contribution >= 0.6 is 23.7 Å². The Bertz CT molecular complexity index is 587. The average molecular weight is 386 g/mol. The summed E-state index contributed by atoms with van der Waals surface area (Å²) in [6, 6.07) is 1.73. The lowest BCUT2D eigenvalue weighted by atomic mass is 9.97. The van der Waals surface area contributed by atoms with Crippen LogP contribution in [0.5, 0.6) is 0 Å². The van der Waals surface area contributed by atoms with Gasteiger partial charge >= 0.3 is 0 Å². The first-order valence-electron chi connectivity index (χ1n) is 9.04. The predicted octanol–water partition coefficient (Wildman–Crippen LogP) is 2.34. The largest absolute Gasteiger partial charge is 0.344 e. The minimum absolute atomic E-state index is 0. The second-order valence-electron chi connectivity index (χ2n) is 6.77. The lowest BCUT2D eigenvalue weighted by molar-refractivity contribution is -0.138. The average Bonchev–Trinajstić information content (AvgIpc) is 3.09. The van der Waals surface area contributed by atoms with Crippen molar-refractivity contribution in [3.8, 4) is 0 Å². The summed E-state index contributed by atoms with van der Waals surface area (Å²) in [5.41, 5.74) is 1.26. The van der Waals surface area contributed by atoms with Crippen LogP contribution in [-0.2, 0) is 22.6 Å². The zero-order valence-corrected chi connectivity index (χ0v) is 16.4. The molecule has 2 unspecified atom stereocenters. The number of fused-ring (bicyclic) bond motifs is 1. The van der Waals surface area contributed by atoms with Gasteiger partial charge in [-0.15, -0.1) is 23.7 Å². The molecule has 5 nitrogen and oxygen atoms in total. The number of carbonyl (C=O) groups excluding carboxylic acids is 2. The van der Waals surface area contributed by atoms with E-state index in [0.29, 0.717) is 13.0 Å². The van der Waals surface area contributed by atoms with Crippen molar-refractivity contribution in [2.75, 3.05) is 19.6 Å². The molecule has 2 atom stereocenters. The number of piperidine rings is 1. The van der Waals surface area contributed by atoms with Crippen LogP contribution in [0, 0.1) is 5.92 Å².